The molecule has 0 saturated carbocycles. The largest absolute Gasteiger partial charge is 0.354 e. The average Bonchev–Trinajstić information content (AvgIpc) is 2.32. The predicted octanol–water partition coefficient (Wildman–Crippen LogP) is 1.22. The highest BCUT2D eigenvalue weighted by molar-refractivity contribution is 5.03. The average molecular weight is 224 g/mol. The van der Waals surface area contributed by atoms with Crippen molar-refractivity contribution in [1.29, 1.82) is 0 Å². The normalized spacial score (nSPS) is 13.0. The van der Waals surface area contributed by atoms with E-state index in [9.17, 15) is 0 Å². The maximum absolute atomic E-state index is 5.16. The molecular weight excluding hydrogens is 204 g/mol. The first-order valence-corrected chi connectivity index (χ1v) is 5.46. The zero-order valence-electron chi connectivity index (χ0n) is 10.1. The third kappa shape index (κ3) is 4.26. The summed E-state index contributed by atoms with van der Waals surface area (Å²) in [4.78, 5) is 4.26. The van der Waals surface area contributed by atoms with Crippen molar-refractivity contribution in [2.24, 2.45) is 0 Å². The van der Waals surface area contributed by atoms with E-state index < -0.39 is 0 Å². The van der Waals surface area contributed by atoms with E-state index in [0.717, 1.165) is 18.7 Å². The second kappa shape index (κ2) is 7.33. The van der Waals surface area contributed by atoms with Crippen LogP contribution >= 0.6 is 0 Å². The maximum atomic E-state index is 5.16. The molecule has 0 fully saturated rings. The SMILES string of the molecule is COC(OC)C(C)NCCc1ccccn1. The third-order valence-electron chi connectivity index (χ3n) is 2.45. The number of nitrogens with zero attached hydrogens (tertiary/aromatic N) is 1. The van der Waals surface area contributed by atoms with Gasteiger partial charge in [-0.15, -0.1) is 0 Å². The van der Waals surface area contributed by atoms with Crippen LogP contribution in [0.4, 0.5) is 0 Å². The molecule has 90 valence electrons. The van der Waals surface area contributed by atoms with Crippen molar-refractivity contribution in [2.45, 2.75) is 25.7 Å². The molecule has 0 aliphatic heterocycles. The Morgan fingerprint density at radius 1 is 1.31 bits per heavy atom. The third-order valence-corrected chi connectivity index (χ3v) is 2.45. The molecule has 1 atom stereocenters. The lowest BCUT2D eigenvalue weighted by Crippen LogP contribution is -2.40. The Kier molecular flexibility index (Phi) is 6.00. The molecule has 0 amide bonds. The lowest BCUT2D eigenvalue weighted by molar-refractivity contribution is -0.119. The zero-order chi connectivity index (χ0) is 11.8. The minimum atomic E-state index is -0.205. The highest BCUT2D eigenvalue weighted by Crippen LogP contribution is 1.99. The first-order chi connectivity index (χ1) is 7.77. The molecule has 0 aliphatic carbocycles. The minimum Gasteiger partial charge on any atom is -0.354 e. The topological polar surface area (TPSA) is 43.4 Å². The lowest BCUT2D eigenvalue weighted by atomic mass is 10.2. The number of methoxy groups -OCH3 is 2. The van der Waals surface area contributed by atoms with Crippen LogP contribution in [0.3, 0.4) is 0 Å². The molecule has 4 nitrogen and oxygen atoms in total. The van der Waals surface area contributed by atoms with E-state index in [1.165, 1.54) is 0 Å². The molecule has 1 aromatic heterocycles. The predicted molar refractivity (Wildman–Crippen MR) is 63.2 cm³/mol. The van der Waals surface area contributed by atoms with Gasteiger partial charge in [-0.1, -0.05) is 6.07 Å². The van der Waals surface area contributed by atoms with Crippen molar-refractivity contribution in [1.82, 2.24) is 10.3 Å². The first-order valence-electron chi connectivity index (χ1n) is 5.46. The Balaban J connectivity index is 2.25. The number of nitrogens with one attached hydrogen (secondary N) is 1. The van der Waals surface area contributed by atoms with Gasteiger partial charge in [0.1, 0.15) is 0 Å². The zero-order valence-corrected chi connectivity index (χ0v) is 10.1. The molecule has 1 aromatic rings. The standard InChI is InChI=1S/C12H20N2O2/c1-10(12(15-2)16-3)13-9-7-11-6-4-5-8-14-11/h4-6,8,10,12-13H,7,9H2,1-3H3. The van der Waals surface area contributed by atoms with Crippen LogP contribution in [0, 0.1) is 0 Å². The summed E-state index contributed by atoms with van der Waals surface area (Å²) in [6.07, 6.45) is 2.51. The molecular formula is C12H20N2O2. The number of rotatable bonds is 7. The van der Waals surface area contributed by atoms with Gasteiger partial charge in [-0.05, 0) is 19.1 Å². The monoisotopic (exact) mass is 224 g/mol. The summed E-state index contributed by atoms with van der Waals surface area (Å²) in [5, 5.41) is 3.34. The van der Waals surface area contributed by atoms with E-state index in [0.29, 0.717) is 0 Å². The highest BCUT2D eigenvalue weighted by Gasteiger charge is 2.14. The summed E-state index contributed by atoms with van der Waals surface area (Å²) in [5.74, 6) is 0. The van der Waals surface area contributed by atoms with Gasteiger partial charge in [-0.25, -0.2) is 0 Å². The number of pyridine rings is 1. The highest BCUT2D eigenvalue weighted by atomic mass is 16.7. The second-order valence-electron chi connectivity index (χ2n) is 3.65. The van der Waals surface area contributed by atoms with Gasteiger partial charge < -0.3 is 14.8 Å². The Labute approximate surface area is 97.0 Å². The summed E-state index contributed by atoms with van der Waals surface area (Å²) in [6, 6.07) is 6.11. The van der Waals surface area contributed by atoms with E-state index in [4.69, 9.17) is 9.47 Å². The van der Waals surface area contributed by atoms with Gasteiger partial charge in [-0.2, -0.15) is 0 Å². The van der Waals surface area contributed by atoms with Gasteiger partial charge in [0, 0.05) is 39.1 Å². The van der Waals surface area contributed by atoms with E-state index in [1.807, 2.05) is 31.3 Å². The van der Waals surface area contributed by atoms with Crippen molar-refractivity contribution in [2.75, 3.05) is 20.8 Å². The van der Waals surface area contributed by atoms with E-state index in [2.05, 4.69) is 10.3 Å². The van der Waals surface area contributed by atoms with Crippen LogP contribution in [0.15, 0.2) is 24.4 Å². The van der Waals surface area contributed by atoms with Crippen LogP contribution in [-0.4, -0.2) is 38.1 Å². The Bertz CT molecular complexity index is 276. The molecule has 0 spiro atoms. The van der Waals surface area contributed by atoms with Gasteiger partial charge in [0.2, 0.25) is 0 Å². The lowest BCUT2D eigenvalue weighted by Gasteiger charge is -2.22. The second-order valence-corrected chi connectivity index (χ2v) is 3.65. The van der Waals surface area contributed by atoms with Crippen LogP contribution in [0.1, 0.15) is 12.6 Å². The van der Waals surface area contributed by atoms with Gasteiger partial charge in [0.15, 0.2) is 6.29 Å². The summed E-state index contributed by atoms with van der Waals surface area (Å²) in [7, 11) is 3.29. The molecule has 0 aliphatic rings. The Hall–Kier alpha value is -0.970. The van der Waals surface area contributed by atoms with Crippen LogP contribution in [0.25, 0.3) is 0 Å². The van der Waals surface area contributed by atoms with Crippen molar-refractivity contribution in [3.05, 3.63) is 30.1 Å². The molecule has 16 heavy (non-hydrogen) atoms. The molecule has 0 aromatic carbocycles. The fraction of sp³-hybridized carbons (Fsp3) is 0.583. The van der Waals surface area contributed by atoms with Crippen molar-refractivity contribution >= 4 is 0 Å². The van der Waals surface area contributed by atoms with Crippen molar-refractivity contribution in [3.8, 4) is 0 Å². The maximum Gasteiger partial charge on any atom is 0.171 e. The fourth-order valence-corrected chi connectivity index (χ4v) is 1.57. The van der Waals surface area contributed by atoms with E-state index in [1.54, 1.807) is 14.2 Å². The minimum absolute atomic E-state index is 0.165. The molecule has 1 rings (SSSR count). The van der Waals surface area contributed by atoms with Crippen LogP contribution in [0.5, 0.6) is 0 Å². The van der Waals surface area contributed by atoms with Crippen LogP contribution < -0.4 is 5.32 Å². The van der Waals surface area contributed by atoms with Gasteiger partial charge >= 0.3 is 0 Å². The molecule has 1 N–H and O–H groups in total. The quantitative estimate of drug-likeness (QED) is 0.707. The smallest absolute Gasteiger partial charge is 0.171 e. The van der Waals surface area contributed by atoms with Gasteiger partial charge in [-0.3, -0.25) is 4.98 Å². The fourth-order valence-electron chi connectivity index (χ4n) is 1.57. The number of hydrogen-bond acceptors (Lipinski definition) is 4. The Morgan fingerprint density at radius 3 is 2.62 bits per heavy atom. The summed E-state index contributed by atoms with van der Waals surface area (Å²) in [6.45, 7) is 2.90. The van der Waals surface area contributed by atoms with E-state index in [-0.39, 0.29) is 12.3 Å². The van der Waals surface area contributed by atoms with Gasteiger partial charge in [0.25, 0.3) is 0 Å². The van der Waals surface area contributed by atoms with Crippen LogP contribution in [0.2, 0.25) is 0 Å². The van der Waals surface area contributed by atoms with Crippen molar-refractivity contribution < 1.29 is 9.47 Å². The molecule has 0 radical (unpaired) electrons. The van der Waals surface area contributed by atoms with Crippen molar-refractivity contribution in [3.63, 3.8) is 0 Å². The number of aromatic nitrogens is 1. The van der Waals surface area contributed by atoms with E-state index >= 15 is 0 Å². The molecule has 0 bridgehead atoms. The summed E-state index contributed by atoms with van der Waals surface area (Å²) < 4.78 is 10.3. The number of hydrogen-bond donors (Lipinski definition) is 1. The number of ether oxygens (including phenoxy) is 2. The Morgan fingerprint density at radius 2 is 2.06 bits per heavy atom. The summed E-state index contributed by atoms with van der Waals surface area (Å²) >= 11 is 0. The first kappa shape index (κ1) is 13.1. The molecule has 1 heterocycles. The molecule has 1 unspecified atom stereocenters. The molecule has 4 heteroatoms. The molecule has 0 saturated heterocycles. The van der Waals surface area contributed by atoms with Gasteiger partial charge in [0.05, 0.1) is 6.04 Å². The summed E-state index contributed by atoms with van der Waals surface area (Å²) in [5.41, 5.74) is 1.09. The van der Waals surface area contributed by atoms with Crippen LogP contribution in [-0.2, 0) is 15.9 Å².